The lowest BCUT2D eigenvalue weighted by atomic mass is 9.84. The Bertz CT molecular complexity index is 757. The maximum absolute atomic E-state index is 14.3. The quantitative estimate of drug-likeness (QED) is 0.803. The van der Waals surface area contributed by atoms with Crippen molar-refractivity contribution in [1.82, 2.24) is 5.32 Å². The van der Waals surface area contributed by atoms with Crippen molar-refractivity contribution in [3.8, 4) is 0 Å². The van der Waals surface area contributed by atoms with E-state index < -0.39 is 0 Å². The van der Waals surface area contributed by atoms with Gasteiger partial charge in [0.1, 0.15) is 5.82 Å². The van der Waals surface area contributed by atoms with E-state index in [1.54, 1.807) is 12.1 Å². The summed E-state index contributed by atoms with van der Waals surface area (Å²) in [4.78, 5) is 12.1. The molecule has 0 saturated carbocycles. The van der Waals surface area contributed by atoms with Crippen LogP contribution in [0.1, 0.15) is 40.2 Å². The van der Waals surface area contributed by atoms with Gasteiger partial charge in [-0.05, 0) is 59.9 Å². The monoisotopic (exact) mass is 361 g/mol. The van der Waals surface area contributed by atoms with Crippen molar-refractivity contribution in [2.45, 2.75) is 32.7 Å². The molecule has 1 heterocycles. The zero-order valence-electron chi connectivity index (χ0n) is 12.5. The van der Waals surface area contributed by atoms with Gasteiger partial charge in [-0.2, -0.15) is 0 Å². The number of hydrogen-bond donors (Lipinski definition) is 1. The molecule has 1 aliphatic rings. The van der Waals surface area contributed by atoms with Crippen LogP contribution < -0.4 is 5.32 Å². The van der Waals surface area contributed by atoms with Gasteiger partial charge in [0.2, 0.25) is 5.91 Å². The minimum absolute atomic E-state index is 0.0455. The van der Waals surface area contributed by atoms with Crippen molar-refractivity contribution in [2.75, 3.05) is 0 Å². The molecule has 2 aromatic rings. The summed E-state index contributed by atoms with van der Waals surface area (Å²) in [6.07, 6.45) is 0.267. The van der Waals surface area contributed by atoms with E-state index in [4.69, 9.17) is 0 Å². The van der Waals surface area contributed by atoms with Gasteiger partial charge in [-0.3, -0.25) is 4.79 Å². The number of hydrogen-bond acceptors (Lipinski definition) is 1. The Labute approximate surface area is 137 Å². The fourth-order valence-electron chi connectivity index (χ4n) is 3.00. The molecule has 114 valence electrons. The number of halogens is 2. The summed E-state index contributed by atoms with van der Waals surface area (Å²) in [6.45, 7) is 4.60. The van der Waals surface area contributed by atoms with Crippen LogP contribution in [0.3, 0.4) is 0 Å². The summed E-state index contributed by atoms with van der Waals surface area (Å²) < 4.78 is 15.2. The molecular formula is C18H17BrFNO. The predicted octanol–water partition coefficient (Wildman–Crippen LogP) is 4.36. The average Bonchev–Trinajstić information content (AvgIpc) is 2.62. The molecule has 1 aliphatic heterocycles. The third kappa shape index (κ3) is 2.80. The molecule has 0 bridgehead atoms. The second-order valence-electron chi connectivity index (χ2n) is 5.83. The first-order valence-electron chi connectivity index (χ1n) is 7.27. The molecule has 3 rings (SSSR count). The molecule has 1 amide bonds. The standard InChI is InChI=1S/C18H17BrFNO/c1-10-5-12-9-21-18(22)8-15(14(12)6-11(10)2)16-7-13(19)3-4-17(16)20/h3-7,15H,8-9H2,1-2H3,(H,21,22). The number of carbonyl (C=O) groups excluding carboxylic acids is 1. The summed E-state index contributed by atoms with van der Waals surface area (Å²) >= 11 is 3.40. The van der Waals surface area contributed by atoms with Crippen molar-refractivity contribution in [3.63, 3.8) is 0 Å². The number of carbonyl (C=O) groups is 1. The van der Waals surface area contributed by atoms with Crippen LogP contribution in [0.4, 0.5) is 4.39 Å². The van der Waals surface area contributed by atoms with Crippen molar-refractivity contribution >= 4 is 21.8 Å². The van der Waals surface area contributed by atoms with E-state index in [-0.39, 0.29) is 24.1 Å². The van der Waals surface area contributed by atoms with Crippen molar-refractivity contribution in [1.29, 1.82) is 0 Å². The van der Waals surface area contributed by atoms with Gasteiger partial charge in [0.05, 0.1) is 0 Å². The summed E-state index contributed by atoms with van der Waals surface area (Å²) in [5.41, 5.74) is 5.02. The summed E-state index contributed by atoms with van der Waals surface area (Å²) in [5, 5.41) is 2.91. The molecule has 2 aromatic carbocycles. The van der Waals surface area contributed by atoms with E-state index >= 15 is 0 Å². The second-order valence-corrected chi connectivity index (χ2v) is 6.75. The highest BCUT2D eigenvalue weighted by atomic mass is 79.9. The largest absolute Gasteiger partial charge is 0.352 e. The third-order valence-electron chi connectivity index (χ3n) is 4.33. The molecule has 2 nitrogen and oxygen atoms in total. The highest BCUT2D eigenvalue weighted by molar-refractivity contribution is 9.10. The number of benzene rings is 2. The maximum Gasteiger partial charge on any atom is 0.221 e. The predicted molar refractivity (Wildman–Crippen MR) is 88.3 cm³/mol. The van der Waals surface area contributed by atoms with E-state index in [1.807, 2.05) is 6.92 Å². The van der Waals surface area contributed by atoms with Gasteiger partial charge in [0.25, 0.3) is 0 Å². The first-order valence-corrected chi connectivity index (χ1v) is 8.06. The fourth-order valence-corrected chi connectivity index (χ4v) is 3.38. The molecule has 1 atom stereocenters. The molecule has 0 aromatic heterocycles. The number of aryl methyl sites for hydroxylation is 2. The lowest BCUT2D eigenvalue weighted by Crippen LogP contribution is -2.21. The van der Waals surface area contributed by atoms with Gasteiger partial charge in [-0.15, -0.1) is 0 Å². The van der Waals surface area contributed by atoms with Gasteiger partial charge in [0.15, 0.2) is 0 Å². The van der Waals surface area contributed by atoms with Crippen LogP contribution >= 0.6 is 15.9 Å². The van der Waals surface area contributed by atoms with Crippen LogP contribution in [0.2, 0.25) is 0 Å². The molecule has 0 aliphatic carbocycles. The smallest absolute Gasteiger partial charge is 0.221 e. The Morgan fingerprint density at radius 2 is 1.86 bits per heavy atom. The molecule has 1 unspecified atom stereocenters. The molecule has 22 heavy (non-hydrogen) atoms. The lowest BCUT2D eigenvalue weighted by Gasteiger charge is -2.19. The summed E-state index contributed by atoms with van der Waals surface area (Å²) in [6, 6.07) is 9.09. The zero-order valence-corrected chi connectivity index (χ0v) is 14.1. The van der Waals surface area contributed by atoms with E-state index in [0.29, 0.717) is 12.1 Å². The Morgan fingerprint density at radius 1 is 1.14 bits per heavy atom. The van der Waals surface area contributed by atoms with Crippen molar-refractivity contribution in [2.24, 2.45) is 0 Å². The SMILES string of the molecule is Cc1cc2c(cc1C)C(c1cc(Br)ccc1F)CC(=O)NC2. The van der Waals surface area contributed by atoms with E-state index in [2.05, 4.69) is 40.3 Å². The molecule has 4 heteroatoms. The number of amides is 1. The highest BCUT2D eigenvalue weighted by Gasteiger charge is 2.27. The molecule has 0 saturated heterocycles. The number of nitrogens with one attached hydrogen (secondary N) is 1. The molecule has 0 spiro atoms. The van der Waals surface area contributed by atoms with Crippen LogP contribution in [-0.2, 0) is 11.3 Å². The minimum Gasteiger partial charge on any atom is -0.352 e. The molecular weight excluding hydrogens is 345 g/mol. The van der Waals surface area contributed by atoms with Crippen LogP contribution in [0.15, 0.2) is 34.8 Å². The highest BCUT2D eigenvalue weighted by Crippen LogP contribution is 2.36. The number of fused-ring (bicyclic) bond motifs is 1. The molecule has 0 radical (unpaired) electrons. The second kappa shape index (κ2) is 5.84. The normalized spacial score (nSPS) is 17.6. The van der Waals surface area contributed by atoms with Gasteiger partial charge < -0.3 is 5.32 Å². The lowest BCUT2D eigenvalue weighted by molar-refractivity contribution is -0.121. The van der Waals surface area contributed by atoms with Crippen LogP contribution in [0.5, 0.6) is 0 Å². The summed E-state index contributed by atoms with van der Waals surface area (Å²) in [7, 11) is 0. The van der Waals surface area contributed by atoms with E-state index in [0.717, 1.165) is 21.2 Å². The molecule has 1 N–H and O–H groups in total. The topological polar surface area (TPSA) is 29.1 Å². The Hall–Kier alpha value is -1.68. The summed E-state index contributed by atoms with van der Waals surface area (Å²) in [5.74, 6) is -0.572. The number of rotatable bonds is 1. The Kier molecular flexibility index (Phi) is 4.04. The van der Waals surface area contributed by atoms with Crippen LogP contribution in [0, 0.1) is 19.7 Å². The zero-order chi connectivity index (χ0) is 15.9. The maximum atomic E-state index is 14.3. The Balaban J connectivity index is 2.20. The van der Waals surface area contributed by atoms with Crippen molar-refractivity contribution < 1.29 is 9.18 Å². The van der Waals surface area contributed by atoms with Crippen LogP contribution in [0.25, 0.3) is 0 Å². The van der Waals surface area contributed by atoms with E-state index in [9.17, 15) is 9.18 Å². The van der Waals surface area contributed by atoms with E-state index in [1.165, 1.54) is 11.6 Å². The van der Waals surface area contributed by atoms with Crippen molar-refractivity contribution in [3.05, 3.63) is 68.4 Å². The third-order valence-corrected chi connectivity index (χ3v) is 4.82. The van der Waals surface area contributed by atoms with Gasteiger partial charge >= 0.3 is 0 Å². The Morgan fingerprint density at radius 3 is 2.64 bits per heavy atom. The first kappa shape index (κ1) is 15.2. The van der Waals surface area contributed by atoms with Gasteiger partial charge in [-0.25, -0.2) is 4.39 Å². The van der Waals surface area contributed by atoms with Gasteiger partial charge in [-0.1, -0.05) is 28.1 Å². The van der Waals surface area contributed by atoms with Gasteiger partial charge in [0, 0.05) is 23.4 Å². The average molecular weight is 362 g/mol. The first-order chi connectivity index (χ1) is 10.5. The molecule has 0 fully saturated rings. The van der Waals surface area contributed by atoms with Crippen LogP contribution in [-0.4, -0.2) is 5.91 Å². The fraction of sp³-hybridized carbons (Fsp3) is 0.278. The minimum atomic E-state index is -0.271.